The van der Waals surface area contributed by atoms with E-state index < -0.39 is 0 Å². The van der Waals surface area contributed by atoms with Crippen LogP contribution in [0.2, 0.25) is 5.15 Å². The molecule has 0 radical (unpaired) electrons. The molecule has 0 saturated carbocycles. The summed E-state index contributed by atoms with van der Waals surface area (Å²) < 4.78 is 5.37. The first-order valence-electron chi connectivity index (χ1n) is 6.03. The van der Waals surface area contributed by atoms with Gasteiger partial charge in [0.15, 0.2) is 0 Å². The Bertz CT molecular complexity index is 386. The van der Waals surface area contributed by atoms with Gasteiger partial charge in [-0.25, -0.2) is 9.97 Å². The Hall–Kier alpha value is -0.870. The molecule has 1 aliphatic heterocycles. The predicted octanol–water partition coefficient (Wildman–Crippen LogP) is 2.31. The van der Waals surface area contributed by atoms with Crippen LogP contribution < -0.4 is 4.90 Å². The first kappa shape index (κ1) is 12.6. The molecule has 0 aliphatic carbocycles. The molecule has 17 heavy (non-hydrogen) atoms. The molecule has 5 heteroatoms. The van der Waals surface area contributed by atoms with Crippen molar-refractivity contribution in [1.82, 2.24) is 9.97 Å². The number of rotatable bonds is 4. The Labute approximate surface area is 107 Å². The zero-order valence-corrected chi connectivity index (χ0v) is 11.1. The molecular weight excluding hydrogens is 238 g/mol. The van der Waals surface area contributed by atoms with Crippen LogP contribution >= 0.6 is 11.6 Å². The number of aromatic nitrogens is 2. The highest BCUT2D eigenvalue weighted by Gasteiger charge is 2.25. The van der Waals surface area contributed by atoms with Gasteiger partial charge >= 0.3 is 0 Å². The molecule has 0 aromatic carbocycles. The molecule has 1 aromatic heterocycles. The van der Waals surface area contributed by atoms with Crippen LogP contribution in [0.25, 0.3) is 0 Å². The van der Waals surface area contributed by atoms with Gasteiger partial charge in [-0.15, -0.1) is 0 Å². The van der Waals surface area contributed by atoms with Gasteiger partial charge in [-0.2, -0.15) is 0 Å². The Kier molecular flexibility index (Phi) is 4.18. The monoisotopic (exact) mass is 255 g/mol. The summed E-state index contributed by atoms with van der Waals surface area (Å²) in [4.78, 5) is 10.7. The first-order valence-corrected chi connectivity index (χ1v) is 6.41. The number of hydrogen-bond acceptors (Lipinski definition) is 4. The molecule has 1 unspecified atom stereocenters. The summed E-state index contributed by atoms with van der Waals surface area (Å²) in [5, 5.41) is 0.581. The predicted molar refractivity (Wildman–Crippen MR) is 68.7 cm³/mol. The van der Waals surface area contributed by atoms with Gasteiger partial charge in [0.1, 0.15) is 17.3 Å². The fraction of sp³-hybridized carbons (Fsp3) is 0.667. The second kappa shape index (κ2) is 5.65. The molecular formula is C12H18ClN3O. The SMILES string of the molecule is CCCc1c(Cl)ncnc1N1CCC(OC)C1. The van der Waals surface area contributed by atoms with E-state index in [0.717, 1.165) is 43.7 Å². The molecule has 1 fully saturated rings. The van der Waals surface area contributed by atoms with Crippen LogP contribution in [0.1, 0.15) is 25.3 Å². The van der Waals surface area contributed by atoms with E-state index in [-0.39, 0.29) is 0 Å². The van der Waals surface area contributed by atoms with Gasteiger partial charge in [0.05, 0.1) is 6.10 Å². The van der Waals surface area contributed by atoms with Gasteiger partial charge in [-0.3, -0.25) is 0 Å². The second-order valence-corrected chi connectivity index (χ2v) is 4.67. The number of methoxy groups -OCH3 is 1. The lowest BCUT2D eigenvalue weighted by Crippen LogP contribution is -2.24. The summed E-state index contributed by atoms with van der Waals surface area (Å²) in [6.45, 7) is 4.00. The summed E-state index contributed by atoms with van der Waals surface area (Å²) in [5.41, 5.74) is 1.06. The highest BCUT2D eigenvalue weighted by molar-refractivity contribution is 6.30. The average molecular weight is 256 g/mol. The Balaban J connectivity index is 2.23. The van der Waals surface area contributed by atoms with Crippen LogP contribution in [-0.4, -0.2) is 36.3 Å². The number of hydrogen-bond donors (Lipinski definition) is 0. The normalized spacial score (nSPS) is 19.9. The van der Waals surface area contributed by atoms with Crippen molar-refractivity contribution < 1.29 is 4.74 Å². The quantitative estimate of drug-likeness (QED) is 0.774. The topological polar surface area (TPSA) is 38.2 Å². The summed E-state index contributed by atoms with van der Waals surface area (Å²) in [5.74, 6) is 0.978. The van der Waals surface area contributed by atoms with Crippen molar-refractivity contribution in [1.29, 1.82) is 0 Å². The molecule has 1 aliphatic rings. The summed E-state index contributed by atoms with van der Waals surface area (Å²) in [7, 11) is 1.76. The molecule has 1 saturated heterocycles. The highest BCUT2D eigenvalue weighted by atomic mass is 35.5. The van der Waals surface area contributed by atoms with Crippen LogP contribution in [0.15, 0.2) is 6.33 Å². The fourth-order valence-corrected chi connectivity index (χ4v) is 2.46. The smallest absolute Gasteiger partial charge is 0.137 e. The highest BCUT2D eigenvalue weighted by Crippen LogP contribution is 2.27. The molecule has 1 atom stereocenters. The number of ether oxygens (including phenoxy) is 1. The number of nitrogens with zero attached hydrogens (tertiary/aromatic N) is 3. The standard InChI is InChI=1S/C12H18ClN3O/c1-3-4-10-11(13)14-8-15-12(10)16-6-5-9(7-16)17-2/h8-9H,3-7H2,1-2H3. The van der Waals surface area contributed by atoms with Gasteiger partial charge in [-0.05, 0) is 12.8 Å². The molecule has 0 amide bonds. The van der Waals surface area contributed by atoms with Gasteiger partial charge < -0.3 is 9.64 Å². The van der Waals surface area contributed by atoms with Crippen molar-refractivity contribution in [3.05, 3.63) is 17.0 Å². The molecule has 2 heterocycles. The van der Waals surface area contributed by atoms with Crippen molar-refractivity contribution >= 4 is 17.4 Å². The van der Waals surface area contributed by atoms with E-state index in [1.54, 1.807) is 7.11 Å². The molecule has 2 rings (SSSR count). The molecule has 0 bridgehead atoms. The van der Waals surface area contributed by atoms with Gasteiger partial charge in [0.25, 0.3) is 0 Å². The van der Waals surface area contributed by atoms with E-state index in [0.29, 0.717) is 11.3 Å². The minimum atomic E-state index is 0.304. The summed E-state index contributed by atoms with van der Waals surface area (Å²) >= 11 is 6.15. The van der Waals surface area contributed by atoms with Crippen molar-refractivity contribution in [3.63, 3.8) is 0 Å². The van der Waals surface area contributed by atoms with Crippen molar-refractivity contribution in [2.45, 2.75) is 32.3 Å². The Morgan fingerprint density at radius 1 is 1.53 bits per heavy atom. The molecule has 94 valence electrons. The zero-order chi connectivity index (χ0) is 12.3. The lowest BCUT2D eigenvalue weighted by molar-refractivity contribution is 0.121. The second-order valence-electron chi connectivity index (χ2n) is 4.31. The number of anilines is 1. The maximum atomic E-state index is 6.15. The van der Waals surface area contributed by atoms with Gasteiger partial charge in [0, 0.05) is 25.8 Å². The van der Waals surface area contributed by atoms with Crippen molar-refractivity contribution in [2.24, 2.45) is 0 Å². The van der Waals surface area contributed by atoms with Gasteiger partial charge in [-0.1, -0.05) is 24.9 Å². The fourth-order valence-electron chi connectivity index (χ4n) is 2.23. The maximum absolute atomic E-state index is 6.15. The third-order valence-corrected chi connectivity index (χ3v) is 3.47. The lowest BCUT2D eigenvalue weighted by Gasteiger charge is -2.20. The molecule has 0 spiro atoms. The lowest BCUT2D eigenvalue weighted by atomic mass is 10.2. The third kappa shape index (κ3) is 2.69. The summed E-state index contributed by atoms with van der Waals surface area (Å²) in [6.07, 6.45) is 4.85. The minimum absolute atomic E-state index is 0.304. The van der Waals surface area contributed by atoms with E-state index in [1.165, 1.54) is 6.33 Å². The number of halogens is 1. The van der Waals surface area contributed by atoms with Crippen molar-refractivity contribution in [2.75, 3.05) is 25.1 Å². The Morgan fingerprint density at radius 2 is 2.35 bits per heavy atom. The van der Waals surface area contributed by atoms with Crippen LogP contribution in [0.3, 0.4) is 0 Å². The van der Waals surface area contributed by atoms with Crippen LogP contribution in [0.5, 0.6) is 0 Å². The molecule has 4 nitrogen and oxygen atoms in total. The maximum Gasteiger partial charge on any atom is 0.137 e. The van der Waals surface area contributed by atoms with E-state index >= 15 is 0 Å². The van der Waals surface area contributed by atoms with E-state index in [4.69, 9.17) is 16.3 Å². The zero-order valence-electron chi connectivity index (χ0n) is 10.3. The van der Waals surface area contributed by atoms with E-state index in [2.05, 4.69) is 21.8 Å². The largest absolute Gasteiger partial charge is 0.380 e. The molecule has 1 aromatic rings. The van der Waals surface area contributed by atoms with Crippen molar-refractivity contribution in [3.8, 4) is 0 Å². The minimum Gasteiger partial charge on any atom is -0.380 e. The van der Waals surface area contributed by atoms with Crippen LogP contribution in [-0.2, 0) is 11.2 Å². The van der Waals surface area contributed by atoms with Crippen LogP contribution in [0.4, 0.5) is 5.82 Å². The van der Waals surface area contributed by atoms with E-state index in [9.17, 15) is 0 Å². The van der Waals surface area contributed by atoms with Crippen LogP contribution in [0, 0.1) is 0 Å². The average Bonchev–Trinajstić information content (AvgIpc) is 2.80. The molecule has 0 N–H and O–H groups in total. The Morgan fingerprint density at radius 3 is 3.00 bits per heavy atom. The first-order chi connectivity index (χ1) is 8.26. The third-order valence-electron chi connectivity index (χ3n) is 3.15. The van der Waals surface area contributed by atoms with E-state index in [1.807, 2.05) is 0 Å². The van der Waals surface area contributed by atoms with Gasteiger partial charge in [0.2, 0.25) is 0 Å². The summed E-state index contributed by atoms with van der Waals surface area (Å²) in [6, 6.07) is 0.